The lowest BCUT2D eigenvalue weighted by Crippen LogP contribution is -2.41. The summed E-state index contributed by atoms with van der Waals surface area (Å²) < 4.78 is 5.45. The van der Waals surface area contributed by atoms with Crippen LogP contribution in [-0.4, -0.2) is 41.2 Å². The van der Waals surface area contributed by atoms with E-state index in [4.69, 9.17) is 4.74 Å². The average Bonchev–Trinajstić information content (AvgIpc) is 2.74. The summed E-state index contributed by atoms with van der Waals surface area (Å²) in [5.74, 6) is -0.253. The monoisotopic (exact) mass is 376 g/mol. The van der Waals surface area contributed by atoms with Crippen LogP contribution in [0.2, 0.25) is 0 Å². The fourth-order valence-corrected chi connectivity index (χ4v) is 4.20. The number of para-hydroxylation sites is 1. The van der Waals surface area contributed by atoms with Crippen molar-refractivity contribution >= 4 is 16.9 Å². The molecule has 1 saturated heterocycles. The summed E-state index contributed by atoms with van der Waals surface area (Å²) in [6.45, 7) is 1.40. The highest BCUT2D eigenvalue weighted by Crippen LogP contribution is 2.36. The van der Waals surface area contributed by atoms with E-state index in [1.807, 2.05) is 42.6 Å². The molecule has 5 nitrogen and oxygen atoms in total. The Labute approximate surface area is 164 Å². The molecule has 144 valence electrons. The molecule has 1 N–H and O–H groups in total. The number of aromatic nitrogens is 1. The Balaban J connectivity index is 1.84. The van der Waals surface area contributed by atoms with Crippen LogP contribution < -0.4 is 4.74 Å². The summed E-state index contributed by atoms with van der Waals surface area (Å²) in [5, 5.41) is 10.7. The van der Waals surface area contributed by atoms with Gasteiger partial charge in [0.2, 0.25) is 0 Å². The molecule has 1 fully saturated rings. The highest BCUT2D eigenvalue weighted by Gasteiger charge is 2.32. The topological polar surface area (TPSA) is 62.7 Å². The number of rotatable bonds is 5. The quantitative estimate of drug-likeness (QED) is 0.725. The van der Waals surface area contributed by atoms with Crippen LogP contribution in [0.25, 0.3) is 10.9 Å². The Morgan fingerprint density at radius 3 is 2.89 bits per heavy atom. The largest absolute Gasteiger partial charge is 0.497 e. The zero-order chi connectivity index (χ0) is 19.5. The number of carbonyl (C=O) groups is 1. The van der Waals surface area contributed by atoms with Crippen molar-refractivity contribution in [3.63, 3.8) is 0 Å². The van der Waals surface area contributed by atoms with E-state index in [0.29, 0.717) is 6.54 Å². The molecule has 0 aliphatic carbocycles. The van der Waals surface area contributed by atoms with E-state index < -0.39 is 5.97 Å². The van der Waals surface area contributed by atoms with Crippen LogP contribution in [0.5, 0.6) is 5.75 Å². The summed E-state index contributed by atoms with van der Waals surface area (Å²) in [6, 6.07) is 18.2. The normalized spacial score (nSPS) is 18.7. The number of piperidine rings is 1. The number of nitrogens with zero attached hydrogens (tertiary/aromatic N) is 2. The van der Waals surface area contributed by atoms with Gasteiger partial charge in [0.25, 0.3) is 0 Å². The van der Waals surface area contributed by atoms with Gasteiger partial charge in [-0.1, -0.05) is 30.3 Å². The molecule has 0 radical (unpaired) electrons. The van der Waals surface area contributed by atoms with Crippen molar-refractivity contribution in [2.24, 2.45) is 5.92 Å². The third-order valence-electron chi connectivity index (χ3n) is 5.55. The van der Waals surface area contributed by atoms with Crippen molar-refractivity contribution < 1.29 is 14.6 Å². The second kappa shape index (κ2) is 7.98. The van der Waals surface area contributed by atoms with Gasteiger partial charge in [-0.05, 0) is 54.8 Å². The van der Waals surface area contributed by atoms with Crippen LogP contribution in [0.4, 0.5) is 0 Å². The number of hydrogen-bond donors (Lipinski definition) is 1. The molecule has 2 aromatic carbocycles. The first-order valence-electron chi connectivity index (χ1n) is 9.62. The van der Waals surface area contributed by atoms with Crippen molar-refractivity contribution in [2.75, 3.05) is 20.2 Å². The smallest absolute Gasteiger partial charge is 0.307 e. The van der Waals surface area contributed by atoms with E-state index in [9.17, 15) is 9.90 Å². The second-order valence-corrected chi connectivity index (χ2v) is 7.27. The van der Waals surface area contributed by atoms with E-state index in [2.05, 4.69) is 28.1 Å². The number of hydrogen-bond acceptors (Lipinski definition) is 4. The van der Waals surface area contributed by atoms with Gasteiger partial charge in [0, 0.05) is 18.1 Å². The molecule has 1 aliphatic rings. The molecule has 4 rings (SSSR count). The summed E-state index contributed by atoms with van der Waals surface area (Å²) in [4.78, 5) is 18.4. The Morgan fingerprint density at radius 1 is 1.21 bits per heavy atom. The maximum atomic E-state index is 11.7. The minimum absolute atomic E-state index is 0.0508. The molecule has 2 atom stereocenters. The molecular weight excluding hydrogens is 352 g/mol. The predicted octanol–water partition coefficient (Wildman–Crippen LogP) is 4.13. The van der Waals surface area contributed by atoms with E-state index in [1.54, 1.807) is 7.11 Å². The summed E-state index contributed by atoms with van der Waals surface area (Å²) in [7, 11) is 1.66. The van der Waals surface area contributed by atoms with Crippen molar-refractivity contribution in [2.45, 2.75) is 18.9 Å². The fourth-order valence-electron chi connectivity index (χ4n) is 4.20. The Kier molecular flexibility index (Phi) is 5.26. The van der Waals surface area contributed by atoms with Gasteiger partial charge in [-0.15, -0.1) is 0 Å². The number of fused-ring (bicyclic) bond motifs is 1. The number of likely N-dealkylation sites (tertiary alicyclic amines) is 1. The van der Waals surface area contributed by atoms with E-state index >= 15 is 0 Å². The number of carboxylic acids is 1. The van der Waals surface area contributed by atoms with Gasteiger partial charge in [-0.25, -0.2) is 0 Å². The van der Waals surface area contributed by atoms with Gasteiger partial charge in [-0.3, -0.25) is 14.7 Å². The van der Waals surface area contributed by atoms with Gasteiger partial charge in [0.05, 0.1) is 24.6 Å². The van der Waals surface area contributed by atoms with Crippen LogP contribution in [0, 0.1) is 5.92 Å². The van der Waals surface area contributed by atoms with Crippen LogP contribution in [0.15, 0.2) is 60.8 Å². The highest BCUT2D eigenvalue weighted by atomic mass is 16.5. The number of ether oxygens (including phenoxy) is 1. The summed E-state index contributed by atoms with van der Waals surface area (Å²) in [5.41, 5.74) is 3.19. The first kappa shape index (κ1) is 18.4. The molecule has 0 amide bonds. The molecular formula is C23H24N2O3. The van der Waals surface area contributed by atoms with E-state index in [0.717, 1.165) is 47.2 Å². The number of carboxylic acid groups (broad SMARTS) is 1. The first-order chi connectivity index (χ1) is 13.7. The molecule has 0 saturated carbocycles. The maximum Gasteiger partial charge on any atom is 0.307 e. The van der Waals surface area contributed by atoms with Crippen molar-refractivity contribution in [3.8, 4) is 5.75 Å². The van der Waals surface area contributed by atoms with E-state index in [1.165, 1.54) is 0 Å². The van der Waals surface area contributed by atoms with Crippen molar-refractivity contribution in [1.82, 2.24) is 9.88 Å². The maximum absolute atomic E-state index is 11.7. The molecule has 1 aromatic heterocycles. The first-order valence-corrected chi connectivity index (χ1v) is 9.62. The van der Waals surface area contributed by atoms with Crippen molar-refractivity contribution in [3.05, 3.63) is 71.9 Å². The Bertz CT molecular complexity index is 983. The van der Waals surface area contributed by atoms with Crippen molar-refractivity contribution in [1.29, 1.82) is 0 Å². The van der Waals surface area contributed by atoms with Gasteiger partial charge in [-0.2, -0.15) is 0 Å². The Morgan fingerprint density at radius 2 is 2.07 bits per heavy atom. The standard InChI is InChI=1S/C23H24N2O3/c1-28-18-8-4-6-16(14-18)22(25-13-5-7-17(15-25)23(26)27)20-11-12-24-21-10-3-2-9-19(20)21/h2-4,6,8-12,14,17,22H,5,7,13,15H2,1H3,(H,26,27). The molecule has 0 spiro atoms. The molecule has 2 unspecified atom stereocenters. The number of pyridine rings is 1. The van der Waals surface area contributed by atoms with E-state index in [-0.39, 0.29) is 12.0 Å². The average molecular weight is 376 g/mol. The third kappa shape index (κ3) is 3.58. The zero-order valence-corrected chi connectivity index (χ0v) is 15.9. The predicted molar refractivity (Wildman–Crippen MR) is 109 cm³/mol. The van der Waals surface area contributed by atoms with Gasteiger partial charge < -0.3 is 9.84 Å². The molecule has 0 bridgehead atoms. The lowest BCUT2D eigenvalue weighted by Gasteiger charge is -2.38. The highest BCUT2D eigenvalue weighted by molar-refractivity contribution is 5.83. The second-order valence-electron chi connectivity index (χ2n) is 7.27. The zero-order valence-electron chi connectivity index (χ0n) is 15.9. The number of methoxy groups -OCH3 is 1. The van der Waals surface area contributed by atoms with Gasteiger partial charge in [0.1, 0.15) is 5.75 Å². The van der Waals surface area contributed by atoms with Crippen LogP contribution in [0.1, 0.15) is 30.0 Å². The minimum Gasteiger partial charge on any atom is -0.497 e. The number of benzene rings is 2. The summed E-state index contributed by atoms with van der Waals surface area (Å²) >= 11 is 0. The molecule has 28 heavy (non-hydrogen) atoms. The van der Waals surface area contributed by atoms with Gasteiger partial charge >= 0.3 is 5.97 Å². The van der Waals surface area contributed by atoms with Gasteiger partial charge in [0.15, 0.2) is 0 Å². The lowest BCUT2D eigenvalue weighted by molar-refractivity contribution is -0.143. The van der Waals surface area contributed by atoms with Crippen LogP contribution >= 0.6 is 0 Å². The molecule has 2 heterocycles. The Hall–Kier alpha value is -2.92. The molecule has 5 heteroatoms. The molecule has 3 aromatic rings. The van der Waals surface area contributed by atoms with Crippen LogP contribution in [-0.2, 0) is 4.79 Å². The SMILES string of the molecule is COc1cccc(C(c2ccnc3ccccc23)N2CCCC(C(=O)O)C2)c1. The fraction of sp³-hybridized carbons (Fsp3) is 0.304. The molecule has 1 aliphatic heterocycles. The number of aliphatic carboxylic acids is 1. The minimum atomic E-state index is -0.714. The lowest BCUT2D eigenvalue weighted by atomic mass is 9.90. The van der Waals surface area contributed by atoms with Crippen LogP contribution in [0.3, 0.4) is 0 Å². The summed E-state index contributed by atoms with van der Waals surface area (Å²) in [6.07, 6.45) is 3.44. The third-order valence-corrected chi connectivity index (χ3v) is 5.55.